The molecular weight excluding hydrogens is 533 g/mol. The Morgan fingerprint density at radius 1 is 1.05 bits per heavy atom. The Labute approximate surface area is 233 Å². The quantitative estimate of drug-likeness (QED) is 0.460. The van der Waals surface area contributed by atoms with Crippen LogP contribution in [0.15, 0.2) is 42.6 Å². The number of hydrogen-bond acceptors (Lipinski definition) is 8. The Balaban J connectivity index is 1.49. The number of carbonyl (C=O) groups is 5. The Morgan fingerprint density at radius 3 is 2.56 bits per heavy atom. The molecule has 3 aliphatic rings. The molecule has 0 radical (unpaired) electrons. The normalized spacial score (nSPS) is 20.0. The molecular formula is C29H24FN5O6. The second-order valence-corrected chi connectivity index (χ2v) is 10.1. The molecule has 2 aromatic carbocycles. The number of ether oxygens (including phenoxy) is 1. The number of anilines is 3. The number of cyclic esters (lactones) is 1. The molecule has 1 saturated heterocycles. The second-order valence-electron chi connectivity index (χ2n) is 10.1. The standard InChI is InChI=1S/C29H24FN5O6/c1-13-11-15(9-10-31-13)23-18(12-20-22(25(23)30)14(2)41-29(40)34(20)3)32-17-6-4-5-16-24(17)28(39)35(27(16)38)19-7-8-21(36)33-26(19)37/h4-6,9-12,14,19,32H,7-8H2,1-3H3,(H,33,36,37)/t14?,19-/m0/s1. The molecule has 1 unspecified atom stereocenters. The molecule has 0 saturated carbocycles. The van der Waals surface area contributed by atoms with Crippen LogP contribution in [0.3, 0.4) is 0 Å². The summed E-state index contributed by atoms with van der Waals surface area (Å²) >= 11 is 0. The van der Waals surface area contributed by atoms with Gasteiger partial charge in [0.2, 0.25) is 11.8 Å². The molecule has 41 heavy (non-hydrogen) atoms. The Hall–Kier alpha value is -5.13. The molecule has 6 rings (SSSR count). The van der Waals surface area contributed by atoms with Gasteiger partial charge in [0, 0.05) is 30.9 Å². The number of halogens is 1. The summed E-state index contributed by atoms with van der Waals surface area (Å²) in [5, 5.41) is 5.31. The molecule has 0 aliphatic carbocycles. The van der Waals surface area contributed by atoms with Gasteiger partial charge in [-0.3, -0.25) is 39.3 Å². The molecule has 3 aliphatic heterocycles. The first-order valence-corrected chi connectivity index (χ1v) is 12.9. The Morgan fingerprint density at radius 2 is 1.83 bits per heavy atom. The van der Waals surface area contributed by atoms with E-state index in [4.69, 9.17) is 4.74 Å². The largest absolute Gasteiger partial charge is 0.441 e. The van der Waals surface area contributed by atoms with E-state index in [-0.39, 0.29) is 52.2 Å². The number of rotatable bonds is 4. The van der Waals surface area contributed by atoms with Crippen molar-refractivity contribution in [2.75, 3.05) is 17.3 Å². The molecule has 2 N–H and O–H groups in total. The smallest absolute Gasteiger partial charge is 0.414 e. The van der Waals surface area contributed by atoms with Crippen molar-refractivity contribution >= 4 is 46.8 Å². The molecule has 1 fully saturated rings. The van der Waals surface area contributed by atoms with Gasteiger partial charge in [-0.05, 0) is 56.2 Å². The van der Waals surface area contributed by atoms with Crippen molar-refractivity contribution in [3.63, 3.8) is 0 Å². The minimum Gasteiger partial charge on any atom is -0.441 e. The van der Waals surface area contributed by atoms with Crippen molar-refractivity contribution in [3.05, 3.63) is 70.8 Å². The minimum atomic E-state index is -1.13. The van der Waals surface area contributed by atoms with Gasteiger partial charge < -0.3 is 10.1 Å². The summed E-state index contributed by atoms with van der Waals surface area (Å²) in [7, 11) is 1.47. The average Bonchev–Trinajstić information content (AvgIpc) is 3.17. The van der Waals surface area contributed by atoms with Crippen LogP contribution in [-0.4, -0.2) is 52.7 Å². The van der Waals surface area contributed by atoms with E-state index < -0.39 is 47.7 Å². The topological polar surface area (TPSA) is 138 Å². The second kappa shape index (κ2) is 9.51. The van der Waals surface area contributed by atoms with Crippen molar-refractivity contribution in [2.45, 2.75) is 38.8 Å². The fourth-order valence-corrected chi connectivity index (χ4v) is 5.55. The number of imide groups is 2. The van der Waals surface area contributed by atoms with Crippen molar-refractivity contribution in [1.82, 2.24) is 15.2 Å². The number of pyridine rings is 1. The van der Waals surface area contributed by atoms with Crippen LogP contribution in [0.5, 0.6) is 0 Å². The zero-order chi connectivity index (χ0) is 29.2. The summed E-state index contributed by atoms with van der Waals surface area (Å²) < 4.78 is 21.7. The molecule has 3 aromatic rings. The molecule has 5 amide bonds. The lowest BCUT2D eigenvalue weighted by molar-refractivity contribution is -0.136. The minimum absolute atomic E-state index is 0.00753. The fourth-order valence-electron chi connectivity index (χ4n) is 5.55. The van der Waals surface area contributed by atoms with Gasteiger partial charge in [0.25, 0.3) is 11.8 Å². The van der Waals surface area contributed by atoms with Crippen LogP contribution in [0.4, 0.5) is 26.2 Å². The van der Waals surface area contributed by atoms with Crippen molar-refractivity contribution in [1.29, 1.82) is 0 Å². The molecule has 1 aromatic heterocycles. The number of piperidine rings is 1. The van der Waals surface area contributed by atoms with Gasteiger partial charge in [-0.2, -0.15) is 0 Å². The number of nitrogens with one attached hydrogen (secondary N) is 2. The van der Waals surface area contributed by atoms with Gasteiger partial charge in [0.05, 0.1) is 33.8 Å². The van der Waals surface area contributed by atoms with Crippen molar-refractivity contribution in [2.24, 2.45) is 0 Å². The number of aromatic nitrogens is 1. The van der Waals surface area contributed by atoms with Gasteiger partial charge in [-0.15, -0.1) is 0 Å². The van der Waals surface area contributed by atoms with Gasteiger partial charge in [0.1, 0.15) is 18.0 Å². The van der Waals surface area contributed by atoms with Crippen LogP contribution in [0, 0.1) is 12.7 Å². The fraction of sp³-hybridized carbons (Fsp3) is 0.241. The molecule has 4 heterocycles. The summed E-state index contributed by atoms with van der Waals surface area (Å²) in [4.78, 5) is 69.8. The van der Waals surface area contributed by atoms with E-state index >= 15 is 4.39 Å². The lowest BCUT2D eigenvalue weighted by Crippen LogP contribution is -2.54. The summed E-state index contributed by atoms with van der Waals surface area (Å²) in [6.07, 6.45) is 0.0484. The summed E-state index contributed by atoms with van der Waals surface area (Å²) in [5.74, 6) is -3.19. The SMILES string of the molecule is Cc1cc(-c2c(Nc3cccc4c3C(=O)N([C@H]3CCC(=O)NC3=O)C4=O)cc3c(c2F)C(C)OC(=O)N3C)ccn1. The maximum Gasteiger partial charge on any atom is 0.414 e. The number of nitrogens with zero attached hydrogens (tertiary/aromatic N) is 3. The van der Waals surface area contributed by atoms with E-state index in [1.165, 1.54) is 18.0 Å². The predicted octanol–water partition coefficient (Wildman–Crippen LogP) is 3.99. The van der Waals surface area contributed by atoms with E-state index in [0.717, 1.165) is 4.90 Å². The Bertz CT molecular complexity index is 1710. The van der Waals surface area contributed by atoms with Gasteiger partial charge in [-0.25, -0.2) is 9.18 Å². The number of aryl methyl sites for hydroxylation is 1. The number of fused-ring (bicyclic) bond motifs is 2. The number of benzene rings is 2. The first-order chi connectivity index (χ1) is 19.6. The zero-order valence-corrected chi connectivity index (χ0v) is 22.3. The average molecular weight is 558 g/mol. The zero-order valence-electron chi connectivity index (χ0n) is 22.3. The third-order valence-corrected chi connectivity index (χ3v) is 7.52. The summed E-state index contributed by atoms with van der Waals surface area (Å²) in [5.41, 5.74) is 2.28. The van der Waals surface area contributed by atoms with Crippen LogP contribution >= 0.6 is 0 Å². The molecule has 208 valence electrons. The monoisotopic (exact) mass is 557 g/mol. The summed E-state index contributed by atoms with van der Waals surface area (Å²) in [6, 6.07) is 8.41. The van der Waals surface area contributed by atoms with E-state index in [1.807, 2.05) is 0 Å². The van der Waals surface area contributed by atoms with Crippen LogP contribution in [0.2, 0.25) is 0 Å². The van der Waals surface area contributed by atoms with Crippen molar-refractivity contribution < 1.29 is 33.1 Å². The maximum absolute atomic E-state index is 16.4. The highest BCUT2D eigenvalue weighted by Gasteiger charge is 2.46. The van der Waals surface area contributed by atoms with Crippen LogP contribution in [0.1, 0.15) is 57.8 Å². The lowest BCUT2D eigenvalue weighted by atomic mass is 9.94. The molecule has 11 nitrogen and oxygen atoms in total. The predicted molar refractivity (Wildman–Crippen MR) is 144 cm³/mol. The Kier molecular flexibility index (Phi) is 6.05. The molecule has 0 spiro atoms. The van der Waals surface area contributed by atoms with E-state index in [9.17, 15) is 24.0 Å². The lowest BCUT2D eigenvalue weighted by Gasteiger charge is -2.32. The van der Waals surface area contributed by atoms with Gasteiger partial charge in [0.15, 0.2) is 0 Å². The first-order valence-electron chi connectivity index (χ1n) is 12.9. The van der Waals surface area contributed by atoms with Gasteiger partial charge >= 0.3 is 6.09 Å². The van der Waals surface area contributed by atoms with Crippen molar-refractivity contribution in [3.8, 4) is 11.1 Å². The number of hydrogen-bond donors (Lipinski definition) is 2. The molecule has 0 bridgehead atoms. The van der Waals surface area contributed by atoms with E-state index in [1.54, 1.807) is 50.4 Å². The third-order valence-electron chi connectivity index (χ3n) is 7.52. The van der Waals surface area contributed by atoms with E-state index in [0.29, 0.717) is 11.3 Å². The first kappa shape index (κ1) is 26.1. The molecule has 12 heteroatoms. The van der Waals surface area contributed by atoms with Crippen LogP contribution in [-0.2, 0) is 14.3 Å². The van der Waals surface area contributed by atoms with Crippen LogP contribution < -0.4 is 15.5 Å². The molecule has 2 atom stereocenters. The summed E-state index contributed by atoms with van der Waals surface area (Å²) in [6.45, 7) is 3.35. The highest BCUT2D eigenvalue weighted by atomic mass is 19.1. The highest BCUT2D eigenvalue weighted by molar-refractivity contribution is 6.25. The third kappa shape index (κ3) is 4.10. The number of amides is 5. The highest BCUT2D eigenvalue weighted by Crippen LogP contribution is 2.45. The van der Waals surface area contributed by atoms with E-state index in [2.05, 4.69) is 15.6 Å². The number of carbonyl (C=O) groups excluding carboxylic acids is 5. The van der Waals surface area contributed by atoms with Crippen LogP contribution in [0.25, 0.3) is 11.1 Å². The van der Waals surface area contributed by atoms with Gasteiger partial charge in [-0.1, -0.05) is 6.07 Å². The maximum atomic E-state index is 16.4.